The van der Waals surface area contributed by atoms with Crippen molar-refractivity contribution in [2.75, 3.05) is 18.8 Å². The second-order valence-electron chi connectivity index (χ2n) is 6.45. The Balaban J connectivity index is 1.67. The summed E-state index contributed by atoms with van der Waals surface area (Å²) in [5.74, 6) is 0.788. The van der Waals surface area contributed by atoms with Crippen LogP contribution in [0.1, 0.15) is 43.6 Å². The lowest BCUT2D eigenvalue weighted by Gasteiger charge is -2.36. The third-order valence-electron chi connectivity index (χ3n) is 4.85. The predicted octanol–water partition coefficient (Wildman–Crippen LogP) is 3.37. The van der Waals surface area contributed by atoms with Gasteiger partial charge in [-0.1, -0.05) is 18.2 Å². The number of aliphatic carboxylic acids is 1. The van der Waals surface area contributed by atoms with Gasteiger partial charge in [0.2, 0.25) is 5.91 Å². The lowest BCUT2D eigenvalue weighted by molar-refractivity contribution is -0.137. The van der Waals surface area contributed by atoms with Gasteiger partial charge in [-0.2, -0.15) is 0 Å². The van der Waals surface area contributed by atoms with Crippen molar-refractivity contribution in [2.45, 2.75) is 42.9 Å². The van der Waals surface area contributed by atoms with Crippen LogP contribution >= 0.6 is 11.8 Å². The minimum atomic E-state index is -0.744. The Morgan fingerprint density at radius 2 is 2.09 bits per heavy atom. The van der Waals surface area contributed by atoms with Crippen LogP contribution in [-0.4, -0.2) is 40.7 Å². The standard InChI is InChI=1S/C18H23NO3S/c20-17(21)8-7-13-4-3-10-19(12-13)18(22)15-9-11-23-16-6-2-1-5-14(15)16/h1-2,5-6,13,15H,3-4,7-12H2,(H,20,21). The zero-order valence-electron chi connectivity index (χ0n) is 13.2. The van der Waals surface area contributed by atoms with E-state index in [1.54, 1.807) is 0 Å². The molecule has 1 saturated heterocycles. The molecule has 0 aromatic heterocycles. The monoisotopic (exact) mass is 333 g/mol. The number of hydrogen-bond donors (Lipinski definition) is 1. The van der Waals surface area contributed by atoms with Gasteiger partial charge >= 0.3 is 5.97 Å². The number of piperidine rings is 1. The number of thioether (sulfide) groups is 1. The zero-order valence-corrected chi connectivity index (χ0v) is 14.1. The summed E-state index contributed by atoms with van der Waals surface area (Å²) in [6.45, 7) is 1.53. The Kier molecular flexibility index (Phi) is 5.26. The zero-order chi connectivity index (χ0) is 16.2. The number of benzene rings is 1. The van der Waals surface area contributed by atoms with Crippen LogP contribution < -0.4 is 0 Å². The number of fused-ring (bicyclic) bond motifs is 1. The molecule has 2 aliphatic heterocycles. The maximum Gasteiger partial charge on any atom is 0.303 e. The number of carbonyl (C=O) groups is 2. The summed E-state index contributed by atoms with van der Waals surface area (Å²) in [7, 11) is 0. The van der Waals surface area contributed by atoms with Crippen molar-refractivity contribution in [3.05, 3.63) is 29.8 Å². The third kappa shape index (κ3) is 3.89. The molecule has 2 heterocycles. The third-order valence-corrected chi connectivity index (χ3v) is 5.98. The van der Waals surface area contributed by atoms with E-state index in [0.29, 0.717) is 12.3 Å². The topological polar surface area (TPSA) is 57.6 Å². The highest BCUT2D eigenvalue weighted by Crippen LogP contribution is 2.38. The highest BCUT2D eigenvalue weighted by molar-refractivity contribution is 7.99. The van der Waals surface area contributed by atoms with Gasteiger partial charge in [0.05, 0.1) is 5.92 Å². The molecule has 1 N–H and O–H groups in total. The molecular formula is C18H23NO3S. The Bertz CT molecular complexity index is 589. The summed E-state index contributed by atoms with van der Waals surface area (Å²) in [4.78, 5) is 27.0. The van der Waals surface area contributed by atoms with Crippen molar-refractivity contribution in [2.24, 2.45) is 5.92 Å². The Morgan fingerprint density at radius 1 is 1.26 bits per heavy atom. The average molecular weight is 333 g/mol. The van der Waals surface area contributed by atoms with Gasteiger partial charge in [-0.15, -0.1) is 11.8 Å². The minimum Gasteiger partial charge on any atom is -0.481 e. The maximum atomic E-state index is 13.0. The molecule has 0 spiro atoms. The fraction of sp³-hybridized carbons (Fsp3) is 0.556. The number of rotatable bonds is 4. The van der Waals surface area contributed by atoms with E-state index in [-0.39, 0.29) is 18.2 Å². The number of hydrogen-bond acceptors (Lipinski definition) is 3. The van der Waals surface area contributed by atoms with Crippen molar-refractivity contribution >= 4 is 23.6 Å². The van der Waals surface area contributed by atoms with E-state index < -0.39 is 5.97 Å². The summed E-state index contributed by atoms with van der Waals surface area (Å²) in [6.07, 6.45) is 3.80. The molecule has 2 aliphatic rings. The minimum absolute atomic E-state index is 0.0225. The summed E-state index contributed by atoms with van der Waals surface area (Å²) >= 11 is 1.83. The van der Waals surface area contributed by atoms with Crippen LogP contribution in [0.4, 0.5) is 0 Å². The van der Waals surface area contributed by atoms with Crippen LogP contribution in [-0.2, 0) is 9.59 Å². The summed E-state index contributed by atoms with van der Waals surface area (Å²) in [5, 5.41) is 8.85. The molecule has 1 amide bonds. The van der Waals surface area contributed by atoms with Crippen LogP contribution in [0.5, 0.6) is 0 Å². The summed E-state index contributed by atoms with van der Waals surface area (Å²) in [5.41, 5.74) is 1.17. The average Bonchev–Trinajstić information content (AvgIpc) is 2.59. The van der Waals surface area contributed by atoms with E-state index in [4.69, 9.17) is 5.11 Å². The Morgan fingerprint density at radius 3 is 2.91 bits per heavy atom. The van der Waals surface area contributed by atoms with E-state index >= 15 is 0 Å². The number of carbonyl (C=O) groups excluding carboxylic acids is 1. The van der Waals surface area contributed by atoms with Crippen LogP contribution in [0.2, 0.25) is 0 Å². The van der Waals surface area contributed by atoms with Gasteiger partial charge in [-0.3, -0.25) is 9.59 Å². The van der Waals surface area contributed by atoms with Gasteiger partial charge in [0.15, 0.2) is 0 Å². The fourth-order valence-electron chi connectivity index (χ4n) is 3.65. The first-order valence-electron chi connectivity index (χ1n) is 8.37. The van der Waals surface area contributed by atoms with E-state index in [9.17, 15) is 9.59 Å². The largest absolute Gasteiger partial charge is 0.481 e. The lowest BCUT2D eigenvalue weighted by atomic mass is 9.90. The molecule has 2 unspecified atom stereocenters. The fourth-order valence-corrected chi connectivity index (χ4v) is 4.77. The molecule has 3 rings (SSSR count). The van der Waals surface area contributed by atoms with Gasteiger partial charge in [0, 0.05) is 24.4 Å². The molecule has 2 atom stereocenters. The van der Waals surface area contributed by atoms with Crippen molar-refractivity contribution < 1.29 is 14.7 Å². The second-order valence-corrected chi connectivity index (χ2v) is 7.59. The van der Waals surface area contributed by atoms with Crippen LogP contribution in [0.15, 0.2) is 29.2 Å². The molecule has 0 radical (unpaired) electrons. The Hall–Kier alpha value is -1.49. The van der Waals surface area contributed by atoms with Crippen molar-refractivity contribution in [1.82, 2.24) is 4.90 Å². The molecule has 1 aromatic rings. The number of amides is 1. The van der Waals surface area contributed by atoms with Gasteiger partial charge in [-0.05, 0) is 49.0 Å². The highest BCUT2D eigenvalue weighted by atomic mass is 32.2. The number of carboxylic acid groups (broad SMARTS) is 1. The van der Waals surface area contributed by atoms with Gasteiger partial charge in [-0.25, -0.2) is 0 Å². The summed E-state index contributed by atoms with van der Waals surface area (Å²) in [6, 6.07) is 8.22. The molecular weight excluding hydrogens is 310 g/mol. The smallest absolute Gasteiger partial charge is 0.303 e. The van der Waals surface area contributed by atoms with E-state index in [2.05, 4.69) is 12.1 Å². The first-order valence-corrected chi connectivity index (χ1v) is 9.36. The quantitative estimate of drug-likeness (QED) is 0.918. The maximum absolute atomic E-state index is 13.0. The van der Waals surface area contributed by atoms with Crippen LogP contribution in [0, 0.1) is 5.92 Å². The second kappa shape index (κ2) is 7.39. The van der Waals surface area contributed by atoms with Gasteiger partial charge in [0.25, 0.3) is 0 Å². The van der Waals surface area contributed by atoms with Crippen LogP contribution in [0.3, 0.4) is 0 Å². The first kappa shape index (κ1) is 16.4. The van der Waals surface area contributed by atoms with E-state index in [1.165, 1.54) is 10.5 Å². The molecule has 23 heavy (non-hydrogen) atoms. The van der Waals surface area contributed by atoms with Gasteiger partial charge < -0.3 is 10.0 Å². The molecule has 1 fully saturated rings. The number of likely N-dealkylation sites (tertiary alicyclic amines) is 1. The summed E-state index contributed by atoms with van der Waals surface area (Å²) < 4.78 is 0. The van der Waals surface area contributed by atoms with Gasteiger partial charge in [0.1, 0.15) is 0 Å². The van der Waals surface area contributed by atoms with E-state index in [0.717, 1.165) is 38.1 Å². The van der Waals surface area contributed by atoms with E-state index in [1.807, 2.05) is 28.8 Å². The molecule has 4 nitrogen and oxygen atoms in total. The highest BCUT2D eigenvalue weighted by Gasteiger charge is 2.32. The van der Waals surface area contributed by atoms with Crippen molar-refractivity contribution in [1.29, 1.82) is 0 Å². The van der Waals surface area contributed by atoms with Crippen LogP contribution in [0.25, 0.3) is 0 Å². The SMILES string of the molecule is O=C(O)CCC1CCCN(C(=O)C2CCSc3ccccc32)C1. The molecule has 0 aliphatic carbocycles. The number of carboxylic acids is 1. The van der Waals surface area contributed by atoms with Crippen molar-refractivity contribution in [3.8, 4) is 0 Å². The molecule has 1 aromatic carbocycles. The number of nitrogens with zero attached hydrogens (tertiary/aromatic N) is 1. The normalized spacial score (nSPS) is 24.1. The predicted molar refractivity (Wildman–Crippen MR) is 90.7 cm³/mol. The molecule has 124 valence electrons. The molecule has 5 heteroatoms. The molecule has 0 saturated carbocycles. The van der Waals surface area contributed by atoms with Crippen molar-refractivity contribution in [3.63, 3.8) is 0 Å². The molecule has 0 bridgehead atoms. The Labute approximate surface area is 141 Å². The lowest BCUT2D eigenvalue weighted by Crippen LogP contribution is -2.43. The first-order chi connectivity index (χ1) is 11.1.